The molecule has 2 aromatic rings. The highest BCUT2D eigenvalue weighted by Crippen LogP contribution is 2.35. The molecule has 0 aliphatic carbocycles. The molecule has 3 N–H and O–H groups in total. The quantitative estimate of drug-likeness (QED) is 0.841. The van der Waals surface area contributed by atoms with Gasteiger partial charge in [0.2, 0.25) is 5.91 Å². The van der Waals surface area contributed by atoms with Crippen molar-refractivity contribution in [3.63, 3.8) is 0 Å². The molecule has 0 unspecified atom stereocenters. The number of nitrogens with one attached hydrogen (secondary N) is 1. The lowest BCUT2D eigenvalue weighted by Gasteiger charge is -2.12. The molecule has 2 aromatic carbocycles. The molecular formula is C14H13ClN2O2. The number of amides is 1. The zero-order valence-corrected chi connectivity index (χ0v) is 11.1. The Bertz CT molecular complexity index is 600. The number of anilines is 2. The SMILES string of the molecule is CC(=O)Nc1cc(Oc2ccccc2)c(N)cc1Cl. The zero-order valence-electron chi connectivity index (χ0n) is 10.3. The van der Waals surface area contributed by atoms with Gasteiger partial charge in [-0.25, -0.2) is 0 Å². The summed E-state index contributed by atoms with van der Waals surface area (Å²) in [6.07, 6.45) is 0. The van der Waals surface area contributed by atoms with E-state index in [-0.39, 0.29) is 5.91 Å². The van der Waals surface area contributed by atoms with Gasteiger partial charge in [0.15, 0.2) is 5.75 Å². The minimum absolute atomic E-state index is 0.211. The second-order valence-corrected chi connectivity index (χ2v) is 4.37. The Morgan fingerprint density at radius 1 is 1.26 bits per heavy atom. The molecule has 0 atom stereocenters. The van der Waals surface area contributed by atoms with Crippen molar-refractivity contribution >= 4 is 28.9 Å². The molecule has 0 bridgehead atoms. The third-order valence-electron chi connectivity index (χ3n) is 2.38. The zero-order chi connectivity index (χ0) is 13.8. The van der Waals surface area contributed by atoms with Crippen molar-refractivity contribution in [3.05, 3.63) is 47.5 Å². The number of para-hydroxylation sites is 1. The molecule has 19 heavy (non-hydrogen) atoms. The number of ether oxygens (including phenoxy) is 1. The molecule has 0 aliphatic heterocycles. The Morgan fingerprint density at radius 2 is 1.95 bits per heavy atom. The van der Waals surface area contributed by atoms with Crippen molar-refractivity contribution in [2.24, 2.45) is 0 Å². The molecule has 4 nitrogen and oxygen atoms in total. The fourth-order valence-electron chi connectivity index (χ4n) is 1.56. The van der Waals surface area contributed by atoms with Gasteiger partial charge in [-0.3, -0.25) is 4.79 Å². The predicted molar refractivity (Wildman–Crippen MR) is 76.7 cm³/mol. The molecule has 0 aliphatic rings. The number of hydrogen-bond acceptors (Lipinski definition) is 3. The highest BCUT2D eigenvalue weighted by atomic mass is 35.5. The van der Waals surface area contributed by atoms with Gasteiger partial charge in [-0.1, -0.05) is 29.8 Å². The van der Waals surface area contributed by atoms with Gasteiger partial charge in [0.25, 0.3) is 0 Å². The summed E-state index contributed by atoms with van der Waals surface area (Å²) in [5, 5.41) is 2.99. The number of benzene rings is 2. The van der Waals surface area contributed by atoms with Gasteiger partial charge in [-0.15, -0.1) is 0 Å². The Balaban J connectivity index is 2.32. The van der Waals surface area contributed by atoms with Gasteiger partial charge in [0.1, 0.15) is 5.75 Å². The third kappa shape index (κ3) is 3.39. The van der Waals surface area contributed by atoms with Crippen LogP contribution < -0.4 is 15.8 Å². The first kappa shape index (κ1) is 13.2. The van der Waals surface area contributed by atoms with E-state index in [1.54, 1.807) is 12.1 Å². The summed E-state index contributed by atoms with van der Waals surface area (Å²) in [5.74, 6) is 0.891. The van der Waals surface area contributed by atoms with Crippen molar-refractivity contribution in [1.29, 1.82) is 0 Å². The molecule has 0 heterocycles. The van der Waals surface area contributed by atoms with Crippen LogP contribution in [0, 0.1) is 0 Å². The molecule has 0 aromatic heterocycles. The van der Waals surface area contributed by atoms with Crippen molar-refractivity contribution in [1.82, 2.24) is 0 Å². The van der Waals surface area contributed by atoms with Crippen LogP contribution in [0.3, 0.4) is 0 Å². The molecule has 0 saturated carbocycles. The number of nitrogen functional groups attached to an aromatic ring is 1. The summed E-state index contributed by atoms with van der Waals surface area (Å²) in [5.41, 5.74) is 6.72. The fourth-order valence-corrected chi connectivity index (χ4v) is 1.78. The maximum absolute atomic E-state index is 11.1. The number of carbonyl (C=O) groups excluding carboxylic acids is 1. The van der Waals surface area contributed by atoms with E-state index in [2.05, 4.69) is 5.32 Å². The minimum Gasteiger partial charge on any atom is -0.455 e. The third-order valence-corrected chi connectivity index (χ3v) is 2.69. The molecule has 2 rings (SSSR count). The first-order valence-corrected chi connectivity index (χ1v) is 6.03. The average Bonchev–Trinajstić information content (AvgIpc) is 2.36. The van der Waals surface area contributed by atoms with E-state index in [9.17, 15) is 4.79 Å². The van der Waals surface area contributed by atoms with Crippen molar-refractivity contribution in [2.75, 3.05) is 11.1 Å². The Hall–Kier alpha value is -2.20. The maximum Gasteiger partial charge on any atom is 0.221 e. The van der Waals surface area contributed by atoms with E-state index < -0.39 is 0 Å². The van der Waals surface area contributed by atoms with Crippen LogP contribution in [0.4, 0.5) is 11.4 Å². The van der Waals surface area contributed by atoms with Crippen LogP contribution in [0.1, 0.15) is 6.92 Å². The first-order valence-electron chi connectivity index (χ1n) is 5.66. The minimum atomic E-state index is -0.211. The smallest absolute Gasteiger partial charge is 0.221 e. The summed E-state index contributed by atoms with van der Waals surface area (Å²) in [4.78, 5) is 11.1. The molecule has 98 valence electrons. The van der Waals surface area contributed by atoms with Crippen molar-refractivity contribution in [3.8, 4) is 11.5 Å². The molecule has 0 saturated heterocycles. The van der Waals surface area contributed by atoms with Gasteiger partial charge in [-0.05, 0) is 18.2 Å². The van der Waals surface area contributed by atoms with Crippen molar-refractivity contribution < 1.29 is 9.53 Å². The largest absolute Gasteiger partial charge is 0.455 e. The van der Waals surface area contributed by atoms with Crippen LogP contribution in [0.2, 0.25) is 5.02 Å². The average molecular weight is 277 g/mol. The highest BCUT2D eigenvalue weighted by molar-refractivity contribution is 6.34. The first-order chi connectivity index (χ1) is 9.06. The summed E-state index contributed by atoms with van der Waals surface area (Å²) in [6.45, 7) is 1.41. The molecule has 5 heteroatoms. The van der Waals surface area contributed by atoms with Crippen LogP contribution in [0.25, 0.3) is 0 Å². The van der Waals surface area contributed by atoms with E-state index in [0.717, 1.165) is 0 Å². The molecular weight excluding hydrogens is 264 g/mol. The van der Waals surface area contributed by atoms with Gasteiger partial charge in [0, 0.05) is 13.0 Å². The molecule has 0 radical (unpaired) electrons. The van der Waals surface area contributed by atoms with Crippen molar-refractivity contribution in [2.45, 2.75) is 6.92 Å². The second kappa shape index (κ2) is 5.63. The number of rotatable bonds is 3. The lowest BCUT2D eigenvalue weighted by Crippen LogP contribution is -2.07. The van der Waals surface area contributed by atoms with Gasteiger partial charge in [0.05, 0.1) is 16.4 Å². The highest BCUT2D eigenvalue weighted by Gasteiger charge is 2.09. The fraction of sp³-hybridized carbons (Fsp3) is 0.0714. The van der Waals surface area contributed by atoms with Crippen LogP contribution in [-0.2, 0) is 4.79 Å². The lowest BCUT2D eigenvalue weighted by atomic mass is 10.2. The van der Waals surface area contributed by atoms with Gasteiger partial charge < -0.3 is 15.8 Å². The number of hydrogen-bond donors (Lipinski definition) is 2. The van der Waals surface area contributed by atoms with Gasteiger partial charge in [-0.2, -0.15) is 0 Å². The number of halogens is 1. The number of carbonyl (C=O) groups is 1. The van der Waals surface area contributed by atoms with E-state index in [0.29, 0.717) is 27.9 Å². The Morgan fingerprint density at radius 3 is 2.58 bits per heavy atom. The Labute approximate surface area is 116 Å². The topological polar surface area (TPSA) is 64.3 Å². The van der Waals surface area contributed by atoms with E-state index in [4.69, 9.17) is 22.1 Å². The Kier molecular flexibility index (Phi) is 3.92. The van der Waals surface area contributed by atoms with Gasteiger partial charge >= 0.3 is 0 Å². The molecule has 1 amide bonds. The summed E-state index contributed by atoms with van der Waals surface area (Å²) in [6, 6.07) is 12.4. The van der Waals surface area contributed by atoms with Crippen LogP contribution >= 0.6 is 11.6 Å². The summed E-state index contributed by atoms with van der Waals surface area (Å²) < 4.78 is 5.65. The monoisotopic (exact) mass is 276 g/mol. The van der Waals surface area contributed by atoms with Crippen LogP contribution in [0.15, 0.2) is 42.5 Å². The molecule has 0 fully saturated rings. The predicted octanol–water partition coefficient (Wildman–Crippen LogP) is 3.67. The number of nitrogens with two attached hydrogens (primary N) is 1. The molecule has 0 spiro atoms. The second-order valence-electron chi connectivity index (χ2n) is 3.97. The normalized spacial score (nSPS) is 10.0. The lowest BCUT2D eigenvalue weighted by molar-refractivity contribution is -0.114. The summed E-state index contributed by atoms with van der Waals surface area (Å²) in [7, 11) is 0. The maximum atomic E-state index is 11.1. The standard InChI is InChI=1S/C14H13ClN2O2/c1-9(18)17-13-8-14(12(16)7-11(13)15)19-10-5-3-2-4-6-10/h2-8H,16H2,1H3,(H,17,18). The van der Waals surface area contributed by atoms with E-state index >= 15 is 0 Å². The van der Waals surface area contributed by atoms with Crippen LogP contribution in [-0.4, -0.2) is 5.91 Å². The van der Waals surface area contributed by atoms with E-state index in [1.807, 2.05) is 30.3 Å². The van der Waals surface area contributed by atoms with Crippen LogP contribution in [0.5, 0.6) is 11.5 Å². The summed E-state index contributed by atoms with van der Waals surface area (Å²) >= 11 is 6.00. The van der Waals surface area contributed by atoms with E-state index in [1.165, 1.54) is 6.92 Å².